The lowest BCUT2D eigenvalue weighted by Gasteiger charge is -2.32. The SMILES string of the molecule is CCc1ncncc1C(=O)NCCCN1c2ccccc2Sc2ccccc21. The highest BCUT2D eigenvalue weighted by molar-refractivity contribution is 7.99. The molecule has 0 bridgehead atoms. The highest BCUT2D eigenvalue weighted by Crippen LogP contribution is 2.47. The quantitative estimate of drug-likeness (QED) is 0.630. The second-order valence-corrected chi connectivity index (χ2v) is 7.62. The molecule has 5 nitrogen and oxygen atoms in total. The van der Waals surface area contributed by atoms with E-state index in [1.165, 1.54) is 27.5 Å². The summed E-state index contributed by atoms with van der Waals surface area (Å²) in [5.41, 5.74) is 3.79. The zero-order valence-corrected chi connectivity index (χ0v) is 16.6. The molecule has 6 heteroatoms. The third-order valence-corrected chi connectivity index (χ3v) is 5.88. The molecule has 142 valence electrons. The predicted molar refractivity (Wildman–Crippen MR) is 112 cm³/mol. The van der Waals surface area contributed by atoms with Crippen LogP contribution in [0.1, 0.15) is 29.4 Å². The first-order chi connectivity index (χ1) is 13.8. The van der Waals surface area contributed by atoms with E-state index in [0.717, 1.165) is 18.7 Å². The molecule has 0 saturated heterocycles. The van der Waals surface area contributed by atoms with Gasteiger partial charge in [-0.05, 0) is 37.1 Å². The third kappa shape index (κ3) is 3.73. The number of amides is 1. The molecule has 0 aliphatic carbocycles. The number of nitrogens with zero attached hydrogens (tertiary/aromatic N) is 3. The van der Waals surface area contributed by atoms with Gasteiger partial charge in [-0.15, -0.1) is 0 Å². The molecule has 2 heterocycles. The second kappa shape index (κ2) is 8.44. The van der Waals surface area contributed by atoms with E-state index in [1.54, 1.807) is 18.0 Å². The summed E-state index contributed by atoms with van der Waals surface area (Å²) in [6.07, 6.45) is 4.63. The number of benzene rings is 2. The standard InChI is InChI=1S/C22H22N4OS/c1-2-17-16(14-23-15-25-17)22(27)24-12-7-13-26-18-8-3-5-10-20(18)28-21-11-6-4-9-19(21)26/h3-6,8-11,14-15H,2,7,12-13H2,1H3,(H,24,27). The Labute approximate surface area is 169 Å². The molecular weight excluding hydrogens is 368 g/mol. The maximum absolute atomic E-state index is 12.5. The molecular formula is C22H22N4OS. The van der Waals surface area contributed by atoms with Crippen molar-refractivity contribution < 1.29 is 4.79 Å². The van der Waals surface area contributed by atoms with E-state index >= 15 is 0 Å². The van der Waals surface area contributed by atoms with Gasteiger partial charge < -0.3 is 10.2 Å². The Kier molecular flexibility index (Phi) is 5.58. The van der Waals surface area contributed by atoms with E-state index in [0.29, 0.717) is 18.5 Å². The summed E-state index contributed by atoms with van der Waals surface area (Å²) in [6.45, 7) is 3.42. The van der Waals surface area contributed by atoms with Gasteiger partial charge in [-0.3, -0.25) is 4.79 Å². The molecule has 0 saturated carbocycles. The number of hydrogen-bond donors (Lipinski definition) is 1. The summed E-state index contributed by atoms with van der Waals surface area (Å²) in [5, 5.41) is 3.01. The van der Waals surface area contributed by atoms with Crippen LogP contribution in [-0.4, -0.2) is 29.0 Å². The maximum atomic E-state index is 12.5. The van der Waals surface area contributed by atoms with Gasteiger partial charge in [0.2, 0.25) is 0 Å². The van der Waals surface area contributed by atoms with Crippen molar-refractivity contribution in [3.8, 4) is 0 Å². The molecule has 28 heavy (non-hydrogen) atoms. The van der Waals surface area contributed by atoms with Gasteiger partial charge in [-0.2, -0.15) is 0 Å². The summed E-state index contributed by atoms with van der Waals surface area (Å²) in [7, 11) is 0. The van der Waals surface area contributed by atoms with Gasteiger partial charge in [-0.25, -0.2) is 9.97 Å². The van der Waals surface area contributed by atoms with Crippen LogP contribution < -0.4 is 10.2 Å². The van der Waals surface area contributed by atoms with Gasteiger partial charge in [0.25, 0.3) is 5.91 Å². The van der Waals surface area contributed by atoms with E-state index in [-0.39, 0.29) is 5.91 Å². The monoisotopic (exact) mass is 390 g/mol. The van der Waals surface area contributed by atoms with Crippen molar-refractivity contribution >= 4 is 29.0 Å². The number of carbonyl (C=O) groups excluding carboxylic acids is 1. The number of hydrogen-bond acceptors (Lipinski definition) is 5. The number of rotatable bonds is 6. The molecule has 0 fully saturated rings. The Morgan fingerprint density at radius 2 is 1.75 bits per heavy atom. The first-order valence-corrected chi connectivity index (χ1v) is 10.3. The zero-order chi connectivity index (χ0) is 19.3. The highest BCUT2D eigenvalue weighted by Gasteiger charge is 2.22. The van der Waals surface area contributed by atoms with Crippen LogP contribution in [0.5, 0.6) is 0 Å². The lowest BCUT2D eigenvalue weighted by atomic mass is 10.1. The molecule has 0 radical (unpaired) electrons. The lowest BCUT2D eigenvalue weighted by molar-refractivity contribution is 0.0951. The molecule has 2 aromatic carbocycles. The molecule has 1 N–H and O–H groups in total. The molecule has 0 spiro atoms. The number of para-hydroxylation sites is 2. The van der Waals surface area contributed by atoms with Crippen LogP contribution in [0.4, 0.5) is 11.4 Å². The fourth-order valence-corrected chi connectivity index (χ4v) is 4.48. The van der Waals surface area contributed by atoms with E-state index in [1.807, 2.05) is 6.92 Å². The highest BCUT2D eigenvalue weighted by atomic mass is 32.2. The van der Waals surface area contributed by atoms with Crippen LogP contribution in [0.2, 0.25) is 0 Å². The van der Waals surface area contributed by atoms with E-state index in [4.69, 9.17) is 0 Å². The Hall–Kier alpha value is -2.86. The van der Waals surface area contributed by atoms with Crippen LogP contribution in [0.25, 0.3) is 0 Å². The Bertz CT molecular complexity index is 946. The van der Waals surface area contributed by atoms with Gasteiger partial charge in [0.15, 0.2) is 0 Å². The van der Waals surface area contributed by atoms with Crippen molar-refractivity contribution in [1.29, 1.82) is 0 Å². The normalized spacial score (nSPS) is 12.2. The van der Waals surface area contributed by atoms with Crippen LogP contribution in [-0.2, 0) is 6.42 Å². The van der Waals surface area contributed by atoms with E-state index in [9.17, 15) is 4.79 Å². The van der Waals surface area contributed by atoms with Gasteiger partial charge >= 0.3 is 0 Å². The van der Waals surface area contributed by atoms with E-state index < -0.39 is 0 Å². The van der Waals surface area contributed by atoms with Crippen LogP contribution in [0.15, 0.2) is 70.8 Å². The van der Waals surface area contributed by atoms with E-state index in [2.05, 4.69) is 68.7 Å². The summed E-state index contributed by atoms with van der Waals surface area (Å²) in [5.74, 6) is -0.104. The Morgan fingerprint density at radius 1 is 1.07 bits per heavy atom. The average molecular weight is 391 g/mol. The van der Waals surface area contributed by atoms with Crippen molar-refractivity contribution in [3.05, 3.63) is 72.3 Å². The van der Waals surface area contributed by atoms with Crippen molar-refractivity contribution in [2.75, 3.05) is 18.0 Å². The number of carbonyl (C=O) groups is 1. The lowest BCUT2D eigenvalue weighted by Crippen LogP contribution is -2.29. The summed E-state index contributed by atoms with van der Waals surface area (Å²) in [4.78, 5) is 25.5. The minimum atomic E-state index is -0.104. The van der Waals surface area contributed by atoms with Crippen molar-refractivity contribution in [2.24, 2.45) is 0 Å². The van der Waals surface area contributed by atoms with Crippen molar-refractivity contribution in [1.82, 2.24) is 15.3 Å². The summed E-state index contributed by atoms with van der Waals surface area (Å²) in [6, 6.07) is 16.9. The topological polar surface area (TPSA) is 58.1 Å². The number of fused-ring (bicyclic) bond motifs is 2. The van der Waals surface area contributed by atoms with Crippen LogP contribution >= 0.6 is 11.8 Å². The minimum absolute atomic E-state index is 0.104. The molecule has 3 aromatic rings. The molecule has 1 aliphatic rings. The van der Waals surface area contributed by atoms with Gasteiger partial charge in [0.05, 0.1) is 22.6 Å². The third-order valence-electron chi connectivity index (χ3n) is 4.75. The average Bonchev–Trinajstić information content (AvgIpc) is 2.75. The number of aromatic nitrogens is 2. The van der Waals surface area contributed by atoms with Gasteiger partial charge in [0.1, 0.15) is 6.33 Å². The molecule has 4 rings (SSSR count). The Balaban J connectivity index is 1.42. The van der Waals surface area contributed by atoms with Gasteiger partial charge in [-0.1, -0.05) is 43.0 Å². The summed E-state index contributed by atoms with van der Waals surface area (Å²) >= 11 is 1.81. The fraction of sp³-hybridized carbons (Fsp3) is 0.227. The number of nitrogens with one attached hydrogen (secondary N) is 1. The minimum Gasteiger partial charge on any atom is -0.352 e. The zero-order valence-electron chi connectivity index (χ0n) is 15.8. The molecule has 1 amide bonds. The fourth-order valence-electron chi connectivity index (χ4n) is 3.38. The first-order valence-electron chi connectivity index (χ1n) is 9.48. The number of aryl methyl sites for hydroxylation is 1. The van der Waals surface area contributed by atoms with Crippen molar-refractivity contribution in [2.45, 2.75) is 29.6 Å². The van der Waals surface area contributed by atoms with Gasteiger partial charge in [0, 0.05) is 29.1 Å². The van der Waals surface area contributed by atoms with Crippen molar-refractivity contribution in [3.63, 3.8) is 0 Å². The molecule has 1 aliphatic heterocycles. The molecule has 1 aromatic heterocycles. The summed E-state index contributed by atoms with van der Waals surface area (Å²) < 4.78 is 0. The smallest absolute Gasteiger partial charge is 0.254 e. The van der Waals surface area contributed by atoms with Crippen LogP contribution in [0.3, 0.4) is 0 Å². The first kappa shape index (κ1) is 18.5. The molecule has 0 atom stereocenters. The second-order valence-electron chi connectivity index (χ2n) is 6.54. The Morgan fingerprint density at radius 3 is 2.43 bits per heavy atom. The maximum Gasteiger partial charge on any atom is 0.254 e. The number of anilines is 2. The van der Waals surface area contributed by atoms with Crippen LogP contribution in [0, 0.1) is 0 Å². The predicted octanol–water partition coefficient (Wildman–Crippen LogP) is 4.46. The largest absolute Gasteiger partial charge is 0.352 e. The molecule has 0 unspecified atom stereocenters.